The Morgan fingerprint density at radius 3 is 2.52 bits per heavy atom. The zero-order valence-electron chi connectivity index (χ0n) is 14.4. The maximum Gasteiger partial charge on any atom is 0.259 e. The Morgan fingerprint density at radius 1 is 1.17 bits per heavy atom. The van der Waals surface area contributed by atoms with E-state index < -0.39 is 0 Å². The molecule has 0 fully saturated rings. The van der Waals surface area contributed by atoms with Crippen molar-refractivity contribution in [3.05, 3.63) is 52.3 Å². The number of benzene rings is 1. The zero-order chi connectivity index (χ0) is 17.0. The van der Waals surface area contributed by atoms with Gasteiger partial charge in [-0.25, -0.2) is 5.43 Å². The predicted octanol–water partition coefficient (Wildman–Crippen LogP) is 2.82. The SMILES string of the molecule is Cc1ccc(NCC(=O)N/N=C\c2cc(C)n(C)c2C)cc1C. The molecule has 122 valence electrons. The van der Waals surface area contributed by atoms with E-state index in [0.717, 1.165) is 22.6 Å². The molecule has 1 aromatic heterocycles. The van der Waals surface area contributed by atoms with E-state index in [-0.39, 0.29) is 12.5 Å². The zero-order valence-corrected chi connectivity index (χ0v) is 14.4. The summed E-state index contributed by atoms with van der Waals surface area (Å²) in [5.74, 6) is -0.176. The van der Waals surface area contributed by atoms with Gasteiger partial charge in [0, 0.05) is 29.7 Å². The molecule has 0 radical (unpaired) electrons. The van der Waals surface area contributed by atoms with Crippen LogP contribution in [0.25, 0.3) is 0 Å². The second-order valence-corrected chi connectivity index (χ2v) is 5.83. The van der Waals surface area contributed by atoms with Crippen LogP contribution in [0.2, 0.25) is 0 Å². The Balaban J connectivity index is 1.86. The number of hydrogen-bond acceptors (Lipinski definition) is 3. The molecule has 23 heavy (non-hydrogen) atoms. The molecular weight excluding hydrogens is 288 g/mol. The fourth-order valence-electron chi connectivity index (χ4n) is 2.26. The van der Waals surface area contributed by atoms with E-state index in [1.165, 1.54) is 11.1 Å². The van der Waals surface area contributed by atoms with Gasteiger partial charge in [0.1, 0.15) is 0 Å². The summed E-state index contributed by atoms with van der Waals surface area (Å²) in [6.45, 7) is 8.36. The maximum absolute atomic E-state index is 11.8. The largest absolute Gasteiger partial charge is 0.376 e. The van der Waals surface area contributed by atoms with Crippen LogP contribution in [0.3, 0.4) is 0 Å². The Kier molecular flexibility index (Phi) is 5.21. The van der Waals surface area contributed by atoms with Gasteiger partial charge in [0.05, 0.1) is 12.8 Å². The summed E-state index contributed by atoms with van der Waals surface area (Å²) in [5.41, 5.74) is 9.19. The second-order valence-electron chi connectivity index (χ2n) is 5.83. The number of hydrazone groups is 1. The first kappa shape index (κ1) is 16.8. The van der Waals surface area contributed by atoms with Crippen LogP contribution >= 0.6 is 0 Å². The highest BCUT2D eigenvalue weighted by molar-refractivity contribution is 5.85. The summed E-state index contributed by atoms with van der Waals surface area (Å²) in [5, 5.41) is 7.12. The van der Waals surface area contributed by atoms with Gasteiger partial charge >= 0.3 is 0 Å². The topological polar surface area (TPSA) is 58.4 Å². The van der Waals surface area contributed by atoms with Gasteiger partial charge < -0.3 is 9.88 Å². The predicted molar refractivity (Wildman–Crippen MR) is 95.0 cm³/mol. The molecule has 0 aliphatic carbocycles. The molecule has 1 heterocycles. The average Bonchev–Trinajstić information content (AvgIpc) is 2.76. The Morgan fingerprint density at radius 2 is 1.91 bits per heavy atom. The number of carbonyl (C=O) groups is 1. The van der Waals surface area contributed by atoms with Crippen molar-refractivity contribution in [2.45, 2.75) is 27.7 Å². The standard InChI is InChI=1S/C18H24N4O/c1-12-6-7-17(8-13(12)2)19-11-18(23)21-20-10-16-9-14(3)22(5)15(16)4/h6-10,19H,11H2,1-5H3,(H,21,23)/b20-10-. The van der Waals surface area contributed by atoms with Crippen LogP contribution in [-0.2, 0) is 11.8 Å². The van der Waals surface area contributed by atoms with Gasteiger partial charge in [-0.1, -0.05) is 6.07 Å². The molecule has 0 saturated carbocycles. The smallest absolute Gasteiger partial charge is 0.259 e. The van der Waals surface area contributed by atoms with Crippen LogP contribution in [-0.4, -0.2) is 23.2 Å². The van der Waals surface area contributed by atoms with Crippen LogP contribution in [0, 0.1) is 27.7 Å². The van der Waals surface area contributed by atoms with E-state index in [0.29, 0.717) is 0 Å². The molecule has 2 rings (SSSR count). The molecular formula is C18H24N4O. The molecule has 0 atom stereocenters. The highest BCUT2D eigenvalue weighted by Gasteiger charge is 2.04. The third-order valence-corrected chi connectivity index (χ3v) is 4.17. The lowest BCUT2D eigenvalue weighted by atomic mass is 10.1. The minimum absolute atomic E-state index is 0.176. The third-order valence-electron chi connectivity index (χ3n) is 4.17. The lowest BCUT2D eigenvalue weighted by Gasteiger charge is -2.07. The summed E-state index contributed by atoms with van der Waals surface area (Å²) >= 11 is 0. The number of aromatic nitrogens is 1. The molecule has 0 unspecified atom stereocenters. The number of amides is 1. The van der Waals surface area contributed by atoms with Crippen molar-refractivity contribution in [2.75, 3.05) is 11.9 Å². The van der Waals surface area contributed by atoms with Crippen LogP contribution in [0.5, 0.6) is 0 Å². The molecule has 2 N–H and O–H groups in total. The highest BCUT2D eigenvalue weighted by atomic mass is 16.2. The summed E-state index contributed by atoms with van der Waals surface area (Å²) in [6, 6.07) is 8.07. The minimum atomic E-state index is -0.176. The normalized spacial score (nSPS) is 11.0. The number of rotatable bonds is 5. The van der Waals surface area contributed by atoms with Crippen LogP contribution < -0.4 is 10.7 Å². The first-order valence-electron chi connectivity index (χ1n) is 7.64. The van der Waals surface area contributed by atoms with Crippen molar-refractivity contribution >= 4 is 17.8 Å². The number of hydrogen-bond donors (Lipinski definition) is 2. The first-order chi connectivity index (χ1) is 10.9. The molecule has 0 aliphatic rings. The lowest BCUT2D eigenvalue weighted by Crippen LogP contribution is -2.25. The summed E-state index contributed by atoms with van der Waals surface area (Å²) in [4.78, 5) is 11.8. The van der Waals surface area contributed by atoms with Crippen LogP contribution in [0.4, 0.5) is 5.69 Å². The molecule has 0 saturated heterocycles. The monoisotopic (exact) mass is 312 g/mol. The molecule has 5 nitrogen and oxygen atoms in total. The van der Waals surface area contributed by atoms with Crippen molar-refractivity contribution in [3.63, 3.8) is 0 Å². The van der Waals surface area contributed by atoms with Crippen molar-refractivity contribution in [1.82, 2.24) is 9.99 Å². The van der Waals surface area contributed by atoms with Gasteiger partial charge in [-0.15, -0.1) is 0 Å². The number of aryl methyl sites for hydroxylation is 3. The van der Waals surface area contributed by atoms with Crippen LogP contribution in [0.15, 0.2) is 29.4 Å². The van der Waals surface area contributed by atoms with E-state index in [9.17, 15) is 4.79 Å². The van der Waals surface area contributed by atoms with Gasteiger partial charge in [-0.3, -0.25) is 4.79 Å². The van der Waals surface area contributed by atoms with E-state index in [2.05, 4.69) is 34.3 Å². The Labute approximate surface area is 137 Å². The number of nitrogens with one attached hydrogen (secondary N) is 2. The van der Waals surface area contributed by atoms with Crippen molar-refractivity contribution in [1.29, 1.82) is 0 Å². The fourth-order valence-corrected chi connectivity index (χ4v) is 2.26. The maximum atomic E-state index is 11.8. The van der Waals surface area contributed by atoms with Gasteiger partial charge in [0.15, 0.2) is 0 Å². The number of anilines is 1. The first-order valence-corrected chi connectivity index (χ1v) is 7.64. The van der Waals surface area contributed by atoms with E-state index in [1.54, 1.807) is 6.21 Å². The molecule has 5 heteroatoms. The van der Waals surface area contributed by atoms with Gasteiger partial charge in [0.2, 0.25) is 0 Å². The minimum Gasteiger partial charge on any atom is -0.376 e. The van der Waals surface area contributed by atoms with E-state index >= 15 is 0 Å². The third kappa shape index (κ3) is 4.22. The quantitative estimate of drug-likeness (QED) is 0.659. The van der Waals surface area contributed by atoms with Crippen molar-refractivity contribution in [3.8, 4) is 0 Å². The summed E-state index contributed by atoms with van der Waals surface area (Å²) < 4.78 is 2.09. The Hall–Kier alpha value is -2.56. The fraction of sp³-hybridized carbons (Fsp3) is 0.333. The van der Waals surface area contributed by atoms with Crippen molar-refractivity contribution in [2.24, 2.45) is 12.1 Å². The Bertz CT molecular complexity index is 744. The molecule has 1 aromatic carbocycles. The number of carbonyl (C=O) groups excluding carboxylic acids is 1. The van der Waals surface area contributed by atoms with E-state index in [4.69, 9.17) is 0 Å². The average molecular weight is 312 g/mol. The van der Waals surface area contributed by atoms with Gasteiger partial charge in [-0.2, -0.15) is 5.10 Å². The van der Waals surface area contributed by atoms with E-state index in [1.807, 2.05) is 45.2 Å². The molecule has 0 spiro atoms. The molecule has 0 bridgehead atoms. The van der Waals surface area contributed by atoms with Gasteiger partial charge in [-0.05, 0) is 57.0 Å². The van der Waals surface area contributed by atoms with Gasteiger partial charge in [0.25, 0.3) is 5.91 Å². The summed E-state index contributed by atoms with van der Waals surface area (Å²) in [7, 11) is 2.01. The van der Waals surface area contributed by atoms with Crippen LogP contribution in [0.1, 0.15) is 28.1 Å². The molecule has 1 amide bonds. The number of nitrogens with zero attached hydrogens (tertiary/aromatic N) is 2. The summed E-state index contributed by atoms with van der Waals surface area (Å²) in [6.07, 6.45) is 1.68. The second kappa shape index (κ2) is 7.13. The van der Waals surface area contributed by atoms with Crippen molar-refractivity contribution < 1.29 is 4.79 Å². The lowest BCUT2D eigenvalue weighted by molar-refractivity contribution is -0.119. The highest BCUT2D eigenvalue weighted by Crippen LogP contribution is 2.13. The molecule has 0 aliphatic heterocycles. The molecule has 2 aromatic rings.